The van der Waals surface area contributed by atoms with E-state index in [2.05, 4.69) is 11.9 Å². The van der Waals surface area contributed by atoms with Crippen LogP contribution in [0, 0.1) is 6.92 Å². The quantitative estimate of drug-likeness (QED) is 0.842. The van der Waals surface area contributed by atoms with Crippen molar-refractivity contribution >= 4 is 11.6 Å². The van der Waals surface area contributed by atoms with Gasteiger partial charge in [-0.15, -0.1) is 0 Å². The van der Waals surface area contributed by atoms with Gasteiger partial charge in [-0.1, -0.05) is 13.0 Å². The minimum absolute atomic E-state index is 0.132. The maximum atomic E-state index is 12.9. The van der Waals surface area contributed by atoms with E-state index in [1.165, 1.54) is 6.42 Å². The molecule has 1 aliphatic rings. The number of aromatic nitrogens is 2. The second-order valence-corrected chi connectivity index (χ2v) is 5.53. The van der Waals surface area contributed by atoms with Crippen LogP contribution in [0.3, 0.4) is 0 Å². The van der Waals surface area contributed by atoms with Crippen LogP contribution in [-0.2, 0) is 0 Å². The minimum atomic E-state index is 0.132. The molecule has 4 nitrogen and oxygen atoms in total. The lowest BCUT2D eigenvalue weighted by Crippen LogP contribution is -2.44. The molecule has 4 heteroatoms. The SMILES string of the molecule is CCC1CCCCN1C(=O)c1c(C)nc2ccccn12. The molecule has 1 unspecified atom stereocenters. The number of likely N-dealkylation sites (tertiary alicyclic amines) is 1. The zero-order chi connectivity index (χ0) is 14.1. The molecule has 2 aromatic heterocycles. The predicted molar refractivity (Wildman–Crippen MR) is 78.9 cm³/mol. The number of rotatable bonds is 2. The van der Waals surface area contributed by atoms with Crippen molar-refractivity contribution < 1.29 is 4.79 Å². The molecule has 20 heavy (non-hydrogen) atoms. The fourth-order valence-electron chi connectivity index (χ4n) is 3.20. The Bertz CT molecular complexity index is 632. The van der Waals surface area contributed by atoms with Gasteiger partial charge in [0.15, 0.2) is 0 Å². The molecular weight excluding hydrogens is 250 g/mol. The number of aryl methyl sites for hydroxylation is 1. The van der Waals surface area contributed by atoms with Gasteiger partial charge in [-0.2, -0.15) is 0 Å². The normalized spacial score (nSPS) is 19.5. The zero-order valence-electron chi connectivity index (χ0n) is 12.2. The monoisotopic (exact) mass is 271 g/mol. The number of carbonyl (C=O) groups excluding carboxylic acids is 1. The molecule has 0 saturated carbocycles. The van der Waals surface area contributed by atoms with Crippen molar-refractivity contribution in [2.45, 2.75) is 45.6 Å². The van der Waals surface area contributed by atoms with Gasteiger partial charge in [0, 0.05) is 18.8 Å². The number of imidazole rings is 1. The summed E-state index contributed by atoms with van der Waals surface area (Å²) in [5.41, 5.74) is 2.39. The molecule has 0 radical (unpaired) electrons. The van der Waals surface area contributed by atoms with Crippen LogP contribution in [0.15, 0.2) is 24.4 Å². The average molecular weight is 271 g/mol. The van der Waals surface area contributed by atoms with Crippen LogP contribution < -0.4 is 0 Å². The van der Waals surface area contributed by atoms with Crippen LogP contribution in [0.1, 0.15) is 48.8 Å². The highest BCUT2D eigenvalue weighted by Gasteiger charge is 2.29. The molecule has 1 aliphatic heterocycles. The molecule has 3 rings (SSSR count). The second kappa shape index (κ2) is 5.27. The van der Waals surface area contributed by atoms with Gasteiger partial charge in [0.25, 0.3) is 5.91 Å². The highest BCUT2D eigenvalue weighted by Crippen LogP contribution is 2.23. The van der Waals surface area contributed by atoms with Gasteiger partial charge in [-0.05, 0) is 44.7 Å². The van der Waals surface area contributed by atoms with Gasteiger partial charge in [-0.3, -0.25) is 9.20 Å². The van der Waals surface area contributed by atoms with Crippen LogP contribution in [0.25, 0.3) is 5.65 Å². The van der Waals surface area contributed by atoms with E-state index in [1.54, 1.807) is 0 Å². The van der Waals surface area contributed by atoms with E-state index < -0.39 is 0 Å². The summed E-state index contributed by atoms with van der Waals surface area (Å²) in [5.74, 6) is 0.132. The van der Waals surface area contributed by atoms with Gasteiger partial charge in [-0.25, -0.2) is 4.98 Å². The maximum absolute atomic E-state index is 12.9. The van der Waals surface area contributed by atoms with Crippen LogP contribution in [-0.4, -0.2) is 32.8 Å². The molecule has 1 saturated heterocycles. The summed E-state index contributed by atoms with van der Waals surface area (Å²) < 4.78 is 1.92. The molecule has 1 amide bonds. The Kier molecular flexibility index (Phi) is 3.47. The van der Waals surface area contributed by atoms with E-state index in [0.717, 1.165) is 42.8 Å². The molecule has 1 fully saturated rings. The fraction of sp³-hybridized carbons (Fsp3) is 0.500. The summed E-state index contributed by atoms with van der Waals surface area (Å²) in [4.78, 5) is 19.5. The van der Waals surface area contributed by atoms with Gasteiger partial charge in [0.2, 0.25) is 0 Å². The Morgan fingerprint density at radius 2 is 2.25 bits per heavy atom. The fourth-order valence-corrected chi connectivity index (χ4v) is 3.20. The maximum Gasteiger partial charge on any atom is 0.273 e. The zero-order valence-corrected chi connectivity index (χ0v) is 12.2. The Hall–Kier alpha value is -1.84. The standard InChI is InChI=1S/C16H21N3O/c1-3-13-8-4-6-10-18(13)16(20)15-12(2)17-14-9-5-7-11-19(14)15/h5,7,9,11,13H,3-4,6,8,10H2,1-2H3. The number of hydrogen-bond acceptors (Lipinski definition) is 2. The number of amides is 1. The third-order valence-electron chi connectivity index (χ3n) is 4.27. The summed E-state index contributed by atoms with van der Waals surface area (Å²) in [6, 6.07) is 6.21. The topological polar surface area (TPSA) is 37.6 Å². The van der Waals surface area contributed by atoms with Gasteiger partial charge in [0.05, 0.1) is 5.69 Å². The largest absolute Gasteiger partial charge is 0.334 e. The second-order valence-electron chi connectivity index (χ2n) is 5.53. The van der Waals surface area contributed by atoms with Crippen LogP contribution in [0.2, 0.25) is 0 Å². The van der Waals surface area contributed by atoms with E-state index in [1.807, 2.05) is 40.6 Å². The van der Waals surface area contributed by atoms with Crippen LogP contribution in [0.5, 0.6) is 0 Å². The van der Waals surface area contributed by atoms with E-state index in [9.17, 15) is 4.79 Å². The van der Waals surface area contributed by atoms with Crippen molar-refractivity contribution in [3.8, 4) is 0 Å². The van der Waals surface area contributed by atoms with Crippen molar-refractivity contribution in [3.63, 3.8) is 0 Å². The number of nitrogens with zero attached hydrogens (tertiary/aromatic N) is 3. The first-order valence-electron chi connectivity index (χ1n) is 7.47. The van der Waals surface area contributed by atoms with E-state index in [0.29, 0.717) is 6.04 Å². The first-order chi connectivity index (χ1) is 9.72. The number of piperidine rings is 1. The van der Waals surface area contributed by atoms with Crippen LogP contribution >= 0.6 is 0 Å². The molecule has 106 valence electrons. The lowest BCUT2D eigenvalue weighted by Gasteiger charge is -2.35. The summed E-state index contributed by atoms with van der Waals surface area (Å²) in [7, 11) is 0. The van der Waals surface area contributed by atoms with Crippen LogP contribution in [0.4, 0.5) is 0 Å². The Morgan fingerprint density at radius 3 is 3.05 bits per heavy atom. The lowest BCUT2D eigenvalue weighted by atomic mass is 9.99. The molecule has 3 heterocycles. The molecule has 0 spiro atoms. The smallest absolute Gasteiger partial charge is 0.273 e. The number of hydrogen-bond donors (Lipinski definition) is 0. The molecule has 0 aromatic carbocycles. The molecule has 0 aliphatic carbocycles. The van der Waals surface area contributed by atoms with Gasteiger partial charge < -0.3 is 4.90 Å². The number of pyridine rings is 1. The number of fused-ring (bicyclic) bond motifs is 1. The van der Waals surface area contributed by atoms with E-state index >= 15 is 0 Å². The van der Waals surface area contributed by atoms with Crippen molar-refractivity contribution in [1.82, 2.24) is 14.3 Å². The lowest BCUT2D eigenvalue weighted by molar-refractivity contribution is 0.0600. The molecule has 0 bridgehead atoms. The summed E-state index contributed by atoms with van der Waals surface area (Å²) >= 11 is 0. The minimum Gasteiger partial charge on any atom is -0.334 e. The first-order valence-corrected chi connectivity index (χ1v) is 7.47. The Labute approximate surface area is 119 Å². The predicted octanol–water partition coefficient (Wildman–Crippen LogP) is 3.05. The van der Waals surface area contributed by atoms with Gasteiger partial charge >= 0.3 is 0 Å². The third kappa shape index (κ3) is 2.09. The first kappa shape index (κ1) is 13.2. The van der Waals surface area contributed by atoms with E-state index in [4.69, 9.17) is 0 Å². The van der Waals surface area contributed by atoms with Crippen molar-refractivity contribution in [3.05, 3.63) is 35.8 Å². The van der Waals surface area contributed by atoms with Crippen molar-refractivity contribution in [2.75, 3.05) is 6.54 Å². The van der Waals surface area contributed by atoms with E-state index in [-0.39, 0.29) is 5.91 Å². The molecule has 1 atom stereocenters. The highest BCUT2D eigenvalue weighted by molar-refractivity contribution is 5.95. The Balaban J connectivity index is 2.01. The summed E-state index contributed by atoms with van der Waals surface area (Å²) in [5, 5.41) is 0. The summed E-state index contributed by atoms with van der Waals surface area (Å²) in [6.07, 6.45) is 6.42. The average Bonchev–Trinajstić information content (AvgIpc) is 2.82. The highest BCUT2D eigenvalue weighted by atomic mass is 16.2. The third-order valence-corrected chi connectivity index (χ3v) is 4.27. The molecular formula is C16H21N3O. The Morgan fingerprint density at radius 1 is 1.40 bits per heavy atom. The molecule has 2 aromatic rings. The number of carbonyl (C=O) groups is 1. The molecule has 0 N–H and O–H groups in total. The van der Waals surface area contributed by atoms with Gasteiger partial charge in [0.1, 0.15) is 11.3 Å². The van der Waals surface area contributed by atoms with Crippen molar-refractivity contribution in [2.24, 2.45) is 0 Å². The van der Waals surface area contributed by atoms with Crippen molar-refractivity contribution in [1.29, 1.82) is 0 Å². The summed E-state index contributed by atoms with van der Waals surface area (Å²) in [6.45, 7) is 4.96.